The molecule has 0 heterocycles. The van der Waals surface area contributed by atoms with Crippen molar-refractivity contribution in [1.29, 1.82) is 0 Å². The smallest absolute Gasteiger partial charge is 0.0251 e. The molecule has 17 heavy (non-hydrogen) atoms. The second-order valence-electron chi connectivity index (χ2n) is 4.73. The van der Waals surface area contributed by atoms with Gasteiger partial charge >= 0.3 is 0 Å². The van der Waals surface area contributed by atoms with Gasteiger partial charge in [0.1, 0.15) is 0 Å². The van der Waals surface area contributed by atoms with E-state index >= 15 is 0 Å². The Morgan fingerprint density at radius 1 is 1.12 bits per heavy atom. The fraction of sp³-hybridized carbons (Fsp3) is 0.125. The van der Waals surface area contributed by atoms with Crippen molar-refractivity contribution < 1.29 is 0 Å². The third-order valence-electron chi connectivity index (χ3n) is 3.81. The zero-order chi connectivity index (χ0) is 11.4. The van der Waals surface area contributed by atoms with Crippen molar-refractivity contribution in [3.05, 3.63) is 56.9 Å². The fourth-order valence-corrected chi connectivity index (χ4v) is 3.53. The van der Waals surface area contributed by atoms with E-state index in [4.69, 9.17) is 0 Å². The molecule has 0 saturated heterocycles. The van der Waals surface area contributed by atoms with Crippen molar-refractivity contribution in [2.24, 2.45) is 0 Å². The van der Waals surface area contributed by atoms with E-state index in [-0.39, 0.29) is 0 Å². The summed E-state index contributed by atoms with van der Waals surface area (Å²) < 4.78 is 1.21. The maximum atomic E-state index is 3.67. The number of hydrogen-bond acceptors (Lipinski definition) is 0. The van der Waals surface area contributed by atoms with Crippen molar-refractivity contribution in [2.75, 3.05) is 0 Å². The summed E-state index contributed by atoms with van der Waals surface area (Å²) in [6.07, 6.45) is 10.2. The molecule has 2 aromatic rings. The van der Waals surface area contributed by atoms with E-state index in [1.807, 2.05) is 0 Å². The summed E-state index contributed by atoms with van der Waals surface area (Å²) in [7, 11) is 0. The number of halogens is 1. The Morgan fingerprint density at radius 2 is 2.00 bits per heavy atom. The van der Waals surface area contributed by atoms with Gasteiger partial charge in [-0.3, -0.25) is 0 Å². The number of allylic oxidation sites excluding steroid dienone is 2. The number of benzene rings is 2. The number of hydrogen-bond donors (Lipinski definition) is 0. The number of rotatable bonds is 0. The van der Waals surface area contributed by atoms with E-state index in [0.29, 0.717) is 5.92 Å². The summed E-state index contributed by atoms with van der Waals surface area (Å²) in [5, 5.41) is 5.55. The van der Waals surface area contributed by atoms with Gasteiger partial charge in [0.05, 0.1) is 0 Å². The lowest BCUT2D eigenvalue weighted by Gasteiger charge is -2.22. The quantitative estimate of drug-likeness (QED) is 0.696. The molecule has 0 amide bonds. The molecular formula is C16H11Br. The van der Waals surface area contributed by atoms with Crippen LogP contribution in [0.3, 0.4) is 0 Å². The van der Waals surface area contributed by atoms with Crippen molar-refractivity contribution >= 4 is 38.9 Å². The van der Waals surface area contributed by atoms with Crippen LogP contribution >= 0.6 is 15.9 Å². The van der Waals surface area contributed by atoms with Crippen LogP contribution in [0.5, 0.6) is 0 Å². The van der Waals surface area contributed by atoms with Gasteiger partial charge in [-0.05, 0) is 39.3 Å². The summed E-state index contributed by atoms with van der Waals surface area (Å²) in [6.45, 7) is 0. The Balaban J connectivity index is 2.36. The molecule has 1 unspecified atom stereocenters. The molecule has 0 radical (unpaired) electrons. The van der Waals surface area contributed by atoms with Crippen molar-refractivity contribution in [3.8, 4) is 0 Å². The van der Waals surface area contributed by atoms with Gasteiger partial charge in [0.2, 0.25) is 0 Å². The van der Waals surface area contributed by atoms with Gasteiger partial charge in [-0.1, -0.05) is 58.4 Å². The minimum Gasteiger partial charge on any atom is -0.0766 e. The van der Waals surface area contributed by atoms with Crippen LogP contribution in [0.25, 0.3) is 22.9 Å². The Hall–Kier alpha value is -1.34. The van der Waals surface area contributed by atoms with Crippen LogP contribution in [0.1, 0.15) is 17.9 Å². The molecule has 0 aromatic heterocycles. The second kappa shape index (κ2) is 3.33. The fourth-order valence-electron chi connectivity index (χ4n) is 3.04. The lowest BCUT2D eigenvalue weighted by atomic mass is 9.82. The molecular weight excluding hydrogens is 272 g/mol. The molecule has 0 nitrogen and oxygen atoms in total. The summed E-state index contributed by atoms with van der Waals surface area (Å²) in [4.78, 5) is 0. The summed E-state index contributed by atoms with van der Waals surface area (Å²) in [6, 6.07) is 8.84. The van der Waals surface area contributed by atoms with Crippen LogP contribution < -0.4 is 10.4 Å². The minimum absolute atomic E-state index is 0.570. The second-order valence-corrected chi connectivity index (χ2v) is 5.58. The topological polar surface area (TPSA) is 0 Å². The molecule has 2 aliphatic carbocycles. The predicted molar refractivity (Wildman–Crippen MR) is 76.3 cm³/mol. The molecule has 0 spiro atoms. The SMILES string of the molecule is Brc1ccc2ccc3c4c2c1=CCC4C=CC=3. The van der Waals surface area contributed by atoms with Crippen LogP contribution in [0.15, 0.2) is 40.9 Å². The average Bonchev–Trinajstić information content (AvgIpc) is 2.38. The van der Waals surface area contributed by atoms with Crippen LogP contribution in [0.2, 0.25) is 0 Å². The standard InChI is InChI=1S/C16H11Br/c17-14-9-7-12-5-4-10-2-1-3-11-6-8-13(14)16(12)15(10)11/h1-5,7-9,11H,6H2. The molecule has 2 aromatic carbocycles. The van der Waals surface area contributed by atoms with E-state index in [1.165, 1.54) is 31.2 Å². The predicted octanol–water partition coefficient (Wildman–Crippen LogP) is 3.22. The highest BCUT2D eigenvalue weighted by Crippen LogP contribution is 2.30. The summed E-state index contributed by atoms with van der Waals surface area (Å²) in [5.74, 6) is 0.570. The van der Waals surface area contributed by atoms with Crippen LogP contribution in [0.4, 0.5) is 0 Å². The largest absolute Gasteiger partial charge is 0.0766 e. The van der Waals surface area contributed by atoms with E-state index in [0.717, 1.165) is 6.42 Å². The first-order chi connectivity index (χ1) is 8.34. The Bertz CT molecular complexity index is 781. The zero-order valence-corrected chi connectivity index (χ0v) is 10.9. The van der Waals surface area contributed by atoms with Crippen molar-refractivity contribution in [1.82, 2.24) is 0 Å². The van der Waals surface area contributed by atoms with Crippen LogP contribution in [-0.4, -0.2) is 0 Å². The first kappa shape index (κ1) is 9.67. The highest BCUT2D eigenvalue weighted by Gasteiger charge is 2.19. The first-order valence-electron chi connectivity index (χ1n) is 5.94. The average molecular weight is 283 g/mol. The minimum atomic E-state index is 0.570. The molecule has 0 saturated carbocycles. The van der Waals surface area contributed by atoms with Crippen LogP contribution in [0, 0.1) is 0 Å². The van der Waals surface area contributed by atoms with E-state index < -0.39 is 0 Å². The molecule has 0 N–H and O–H groups in total. The van der Waals surface area contributed by atoms with Gasteiger partial charge in [0.25, 0.3) is 0 Å². The maximum absolute atomic E-state index is 3.67. The Labute approximate surface area is 108 Å². The van der Waals surface area contributed by atoms with E-state index in [1.54, 1.807) is 0 Å². The molecule has 2 aliphatic rings. The highest BCUT2D eigenvalue weighted by molar-refractivity contribution is 9.10. The highest BCUT2D eigenvalue weighted by atomic mass is 79.9. The molecule has 82 valence electrons. The van der Waals surface area contributed by atoms with Crippen molar-refractivity contribution in [2.45, 2.75) is 12.3 Å². The third kappa shape index (κ3) is 1.23. The maximum Gasteiger partial charge on any atom is 0.0251 e. The molecule has 1 heteroatoms. The monoisotopic (exact) mass is 282 g/mol. The van der Waals surface area contributed by atoms with Gasteiger partial charge in [0.15, 0.2) is 0 Å². The summed E-state index contributed by atoms with van der Waals surface area (Å²) in [5.41, 5.74) is 1.52. The molecule has 4 rings (SSSR count). The van der Waals surface area contributed by atoms with Gasteiger partial charge in [-0.2, -0.15) is 0 Å². The van der Waals surface area contributed by atoms with Gasteiger partial charge < -0.3 is 0 Å². The summed E-state index contributed by atoms with van der Waals surface area (Å²) >= 11 is 3.67. The lowest BCUT2D eigenvalue weighted by Crippen LogP contribution is -2.23. The zero-order valence-electron chi connectivity index (χ0n) is 9.28. The molecule has 0 bridgehead atoms. The van der Waals surface area contributed by atoms with Crippen LogP contribution in [-0.2, 0) is 0 Å². The third-order valence-corrected chi connectivity index (χ3v) is 4.50. The van der Waals surface area contributed by atoms with Gasteiger partial charge in [-0.15, -0.1) is 0 Å². The van der Waals surface area contributed by atoms with Gasteiger partial charge in [-0.25, -0.2) is 0 Å². The van der Waals surface area contributed by atoms with E-state index in [9.17, 15) is 0 Å². The van der Waals surface area contributed by atoms with E-state index in [2.05, 4.69) is 64.5 Å². The normalized spacial score (nSPS) is 19.9. The molecule has 1 atom stereocenters. The lowest BCUT2D eigenvalue weighted by molar-refractivity contribution is 0.877. The Kier molecular flexibility index (Phi) is 1.89. The van der Waals surface area contributed by atoms with Crippen molar-refractivity contribution in [3.63, 3.8) is 0 Å². The molecule has 0 fully saturated rings. The Morgan fingerprint density at radius 3 is 2.94 bits per heavy atom. The molecule has 0 aliphatic heterocycles. The first-order valence-corrected chi connectivity index (χ1v) is 6.74. The van der Waals surface area contributed by atoms with Gasteiger partial charge in [0, 0.05) is 10.4 Å².